The lowest BCUT2D eigenvalue weighted by molar-refractivity contribution is -0.122. The van der Waals surface area contributed by atoms with Gasteiger partial charge in [0.1, 0.15) is 5.82 Å². The third kappa shape index (κ3) is 5.21. The minimum Gasteiger partial charge on any atom is -0.397 e. The number of amides is 2. The molecule has 2 amide bonds. The Morgan fingerprint density at radius 2 is 1.45 bits per heavy atom. The molecular formula is C26H27FN4O2. The van der Waals surface area contributed by atoms with Crippen molar-refractivity contribution in [1.82, 2.24) is 0 Å². The number of hydrogen-bond acceptors (Lipinski definition) is 4. The normalized spacial score (nSPS) is 15.0. The van der Waals surface area contributed by atoms with Crippen LogP contribution in [0.2, 0.25) is 0 Å². The molecule has 1 fully saturated rings. The van der Waals surface area contributed by atoms with Gasteiger partial charge in [0.15, 0.2) is 0 Å². The predicted octanol–water partition coefficient (Wildman–Crippen LogP) is 4.93. The van der Waals surface area contributed by atoms with E-state index in [0.717, 1.165) is 30.4 Å². The van der Waals surface area contributed by atoms with Gasteiger partial charge in [-0.3, -0.25) is 9.59 Å². The van der Waals surface area contributed by atoms with E-state index in [2.05, 4.69) is 10.6 Å². The van der Waals surface area contributed by atoms with E-state index in [4.69, 9.17) is 11.5 Å². The number of carbonyl (C=O) groups is 2. The zero-order chi connectivity index (χ0) is 23.4. The molecule has 3 aromatic carbocycles. The lowest BCUT2D eigenvalue weighted by Crippen LogP contribution is -2.52. The molecule has 0 aromatic heterocycles. The number of halogens is 1. The molecule has 0 heterocycles. The molecule has 0 bridgehead atoms. The third-order valence-electron chi connectivity index (χ3n) is 6.08. The molecule has 6 nitrogen and oxygen atoms in total. The Hall–Kier alpha value is -3.71. The Bertz CT molecular complexity index is 1150. The largest absolute Gasteiger partial charge is 0.397 e. The van der Waals surface area contributed by atoms with Crippen LogP contribution in [0.1, 0.15) is 42.5 Å². The number of nitrogens with one attached hydrogen (secondary N) is 2. The van der Waals surface area contributed by atoms with Gasteiger partial charge in [0.2, 0.25) is 5.91 Å². The summed E-state index contributed by atoms with van der Waals surface area (Å²) in [6.07, 6.45) is 4.37. The van der Waals surface area contributed by atoms with Crippen LogP contribution in [0.5, 0.6) is 0 Å². The van der Waals surface area contributed by atoms with E-state index in [1.54, 1.807) is 48.5 Å². The maximum atomic E-state index is 13.2. The molecule has 170 valence electrons. The van der Waals surface area contributed by atoms with Crippen LogP contribution < -0.4 is 22.1 Å². The lowest BCUT2D eigenvalue weighted by atomic mass is 9.82. The van der Waals surface area contributed by atoms with E-state index in [-0.39, 0.29) is 17.6 Å². The summed E-state index contributed by atoms with van der Waals surface area (Å²) < 4.78 is 13.2. The van der Waals surface area contributed by atoms with E-state index in [1.165, 1.54) is 12.1 Å². The molecule has 0 saturated heterocycles. The summed E-state index contributed by atoms with van der Waals surface area (Å²) in [5, 5.41) is 5.68. The minimum atomic E-state index is -0.832. The molecule has 0 unspecified atom stereocenters. The van der Waals surface area contributed by atoms with E-state index < -0.39 is 5.54 Å². The van der Waals surface area contributed by atoms with Crippen LogP contribution >= 0.6 is 0 Å². The molecule has 3 aromatic rings. The van der Waals surface area contributed by atoms with Crippen molar-refractivity contribution in [2.24, 2.45) is 5.73 Å². The summed E-state index contributed by atoms with van der Waals surface area (Å²) in [5.41, 5.74) is 15.0. The van der Waals surface area contributed by atoms with Gasteiger partial charge in [-0.15, -0.1) is 0 Å². The van der Waals surface area contributed by atoms with Crippen molar-refractivity contribution < 1.29 is 14.0 Å². The molecule has 0 spiro atoms. The van der Waals surface area contributed by atoms with Crippen LogP contribution in [-0.2, 0) is 4.79 Å². The summed E-state index contributed by atoms with van der Waals surface area (Å²) in [5.74, 6) is -0.842. The van der Waals surface area contributed by atoms with Gasteiger partial charge in [0.25, 0.3) is 5.91 Å². The summed E-state index contributed by atoms with van der Waals surface area (Å²) in [6, 6.07) is 18.0. The Morgan fingerprint density at radius 3 is 2.12 bits per heavy atom. The van der Waals surface area contributed by atoms with Crippen molar-refractivity contribution in [3.05, 3.63) is 78.1 Å². The first kappa shape index (κ1) is 22.5. The van der Waals surface area contributed by atoms with E-state index in [0.29, 0.717) is 35.5 Å². The summed E-state index contributed by atoms with van der Waals surface area (Å²) in [7, 11) is 0. The number of anilines is 3. The van der Waals surface area contributed by atoms with Gasteiger partial charge in [0, 0.05) is 11.3 Å². The SMILES string of the molecule is Nc1ccc(-c2ccc(F)cc2)cc1NC(=O)c1ccc(NC(=O)C2(N)CCCCC2)cc1. The van der Waals surface area contributed by atoms with E-state index in [1.807, 2.05) is 6.07 Å². The van der Waals surface area contributed by atoms with E-state index >= 15 is 0 Å². The van der Waals surface area contributed by atoms with Crippen LogP contribution in [-0.4, -0.2) is 17.4 Å². The van der Waals surface area contributed by atoms with Crippen molar-refractivity contribution >= 4 is 28.9 Å². The standard InChI is InChI=1S/C26H27FN4O2/c27-20-9-4-17(5-10-20)19-8-13-22(28)23(16-19)31-24(32)18-6-11-21(12-7-18)30-25(33)26(29)14-2-1-3-15-26/h4-13,16H,1-3,14-15,28-29H2,(H,30,33)(H,31,32). The molecule has 1 aliphatic carbocycles. The fourth-order valence-electron chi connectivity index (χ4n) is 4.05. The average molecular weight is 447 g/mol. The van der Waals surface area contributed by atoms with Gasteiger partial charge in [-0.25, -0.2) is 4.39 Å². The Kier molecular flexibility index (Phi) is 6.42. The number of rotatable bonds is 5. The molecule has 0 atom stereocenters. The number of hydrogen-bond donors (Lipinski definition) is 4. The molecule has 7 heteroatoms. The smallest absolute Gasteiger partial charge is 0.255 e. The molecule has 4 rings (SSSR count). The van der Waals surface area contributed by atoms with Crippen LogP contribution in [0.3, 0.4) is 0 Å². The van der Waals surface area contributed by atoms with Crippen LogP contribution in [0.15, 0.2) is 66.7 Å². The number of nitrogens with two attached hydrogens (primary N) is 2. The monoisotopic (exact) mass is 446 g/mol. The van der Waals surface area contributed by atoms with Crippen LogP contribution in [0.25, 0.3) is 11.1 Å². The Labute approximate surface area is 192 Å². The molecule has 1 saturated carbocycles. The van der Waals surface area contributed by atoms with Gasteiger partial charge in [0.05, 0.1) is 16.9 Å². The number of benzene rings is 3. The first-order valence-corrected chi connectivity index (χ1v) is 11.0. The molecule has 1 aliphatic rings. The topological polar surface area (TPSA) is 110 Å². The van der Waals surface area contributed by atoms with E-state index in [9.17, 15) is 14.0 Å². The van der Waals surface area contributed by atoms with Gasteiger partial charge >= 0.3 is 0 Å². The quantitative estimate of drug-likeness (QED) is 0.417. The highest BCUT2D eigenvalue weighted by atomic mass is 19.1. The van der Waals surface area contributed by atoms with Crippen molar-refractivity contribution in [3.8, 4) is 11.1 Å². The fraction of sp³-hybridized carbons (Fsp3) is 0.231. The highest BCUT2D eigenvalue weighted by Crippen LogP contribution is 2.29. The van der Waals surface area contributed by atoms with Gasteiger partial charge in [-0.1, -0.05) is 37.5 Å². The third-order valence-corrected chi connectivity index (χ3v) is 6.08. The predicted molar refractivity (Wildman–Crippen MR) is 129 cm³/mol. The van der Waals surface area contributed by atoms with Gasteiger partial charge < -0.3 is 22.1 Å². The molecule has 0 aliphatic heterocycles. The maximum Gasteiger partial charge on any atom is 0.255 e. The summed E-state index contributed by atoms with van der Waals surface area (Å²) in [4.78, 5) is 25.4. The van der Waals surface area contributed by atoms with Crippen molar-refractivity contribution in [2.45, 2.75) is 37.6 Å². The lowest BCUT2D eigenvalue weighted by Gasteiger charge is -2.31. The number of carbonyl (C=O) groups excluding carboxylic acids is 2. The van der Waals surface area contributed by atoms with Crippen molar-refractivity contribution in [1.29, 1.82) is 0 Å². The molecule has 33 heavy (non-hydrogen) atoms. The van der Waals surface area contributed by atoms with Crippen LogP contribution in [0.4, 0.5) is 21.5 Å². The molecular weight excluding hydrogens is 419 g/mol. The van der Waals surface area contributed by atoms with Gasteiger partial charge in [-0.05, 0) is 72.5 Å². The first-order valence-electron chi connectivity index (χ1n) is 11.0. The number of nitrogen functional groups attached to an aromatic ring is 1. The van der Waals surface area contributed by atoms with Gasteiger partial charge in [-0.2, -0.15) is 0 Å². The summed E-state index contributed by atoms with van der Waals surface area (Å²) >= 11 is 0. The first-order chi connectivity index (χ1) is 15.8. The zero-order valence-corrected chi connectivity index (χ0v) is 18.2. The molecule has 6 N–H and O–H groups in total. The minimum absolute atomic E-state index is 0.190. The van der Waals surface area contributed by atoms with Crippen molar-refractivity contribution in [2.75, 3.05) is 16.4 Å². The fourth-order valence-corrected chi connectivity index (χ4v) is 4.05. The Balaban J connectivity index is 1.44. The second-order valence-electron chi connectivity index (χ2n) is 8.51. The average Bonchev–Trinajstić information content (AvgIpc) is 2.82. The summed E-state index contributed by atoms with van der Waals surface area (Å²) in [6.45, 7) is 0. The second-order valence-corrected chi connectivity index (χ2v) is 8.51. The van der Waals surface area contributed by atoms with Crippen molar-refractivity contribution in [3.63, 3.8) is 0 Å². The molecule has 0 radical (unpaired) electrons. The second kappa shape index (κ2) is 9.42. The Morgan fingerprint density at radius 1 is 0.818 bits per heavy atom. The van der Waals surface area contributed by atoms with Crippen LogP contribution in [0, 0.1) is 5.82 Å². The maximum absolute atomic E-state index is 13.2. The highest BCUT2D eigenvalue weighted by Gasteiger charge is 2.35. The zero-order valence-electron chi connectivity index (χ0n) is 18.2. The highest BCUT2D eigenvalue weighted by molar-refractivity contribution is 6.06.